The maximum Gasteiger partial charge on any atom is 0.121 e. The molecule has 3 aromatic rings. The van der Waals surface area contributed by atoms with E-state index in [9.17, 15) is 0 Å². The van der Waals surface area contributed by atoms with E-state index < -0.39 is 0 Å². The van der Waals surface area contributed by atoms with Crippen LogP contribution in [0.15, 0.2) is 72.8 Å². The Morgan fingerprint density at radius 3 is 2.08 bits per heavy atom. The number of ether oxygens (including phenoxy) is 1. The Hall–Kier alpha value is -3.56. The molecule has 0 aliphatic heterocycles. The van der Waals surface area contributed by atoms with Crippen LogP contribution in [0.2, 0.25) is 0 Å². The summed E-state index contributed by atoms with van der Waals surface area (Å²) in [6.45, 7) is 0.417. The molecule has 0 radical (unpaired) electrons. The lowest BCUT2D eigenvalue weighted by Gasteiger charge is -2.08. The first-order valence-corrected chi connectivity index (χ1v) is 7.51. The number of nitrogens with zero attached hydrogens (tertiary/aromatic N) is 2. The molecule has 0 saturated carbocycles. The molecule has 0 spiro atoms. The highest BCUT2D eigenvalue weighted by Gasteiger charge is 2.02. The molecule has 3 rings (SSSR count). The zero-order valence-corrected chi connectivity index (χ0v) is 12.9. The fourth-order valence-corrected chi connectivity index (χ4v) is 2.43. The van der Waals surface area contributed by atoms with Gasteiger partial charge >= 0.3 is 0 Å². The molecule has 3 aromatic carbocycles. The van der Waals surface area contributed by atoms with Gasteiger partial charge in [0, 0.05) is 0 Å². The second-order valence-corrected chi connectivity index (χ2v) is 5.32. The minimum absolute atomic E-state index is 0.417. The molecular weight excluding hydrogens is 296 g/mol. The van der Waals surface area contributed by atoms with E-state index in [0.29, 0.717) is 23.5 Å². The normalized spacial score (nSPS) is 9.75. The summed E-state index contributed by atoms with van der Waals surface area (Å²) in [5, 5.41) is 17.9. The van der Waals surface area contributed by atoms with E-state index in [-0.39, 0.29) is 0 Å². The first-order valence-electron chi connectivity index (χ1n) is 7.51. The molecule has 0 bridgehead atoms. The van der Waals surface area contributed by atoms with Crippen molar-refractivity contribution in [1.29, 1.82) is 10.5 Å². The second kappa shape index (κ2) is 7.13. The summed E-state index contributed by atoms with van der Waals surface area (Å²) in [7, 11) is 0. The number of hydrogen-bond acceptors (Lipinski definition) is 3. The van der Waals surface area contributed by atoms with Crippen molar-refractivity contribution in [1.82, 2.24) is 0 Å². The Balaban J connectivity index is 1.78. The molecule has 3 heteroatoms. The Labute approximate surface area is 141 Å². The number of rotatable bonds is 4. The van der Waals surface area contributed by atoms with Gasteiger partial charge in [0.25, 0.3) is 0 Å². The number of hydrogen-bond donors (Lipinski definition) is 0. The van der Waals surface area contributed by atoms with Crippen molar-refractivity contribution in [2.24, 2.45) is 0 Å². The first kappa shape index (κ1) is 15.3. The van der Waals surface area contributed by atoms with Gasteiger partial charge in [0.2, 0.25) is 0 Å². The molecule has 0 aromatic heterocycles. The van der Waals surface area contributed by atoms with E-state index in [0.717, 1.165) is 16.7 Å². The lowest BCUT2D eigenvalue weighted by atomic mass is 10.0. The lowest BCUT2D eigenvalue weighted by Crippen LogP contribution is -1.96. The summed E-state index contributed by atoms with van der Waals surface area (Å²) in [4.78, 5) is 0. The van der Waals surface area contributed by atoms with E-state index in [1.165, 1.54) is 0 Å². The van der Waals surface area contributed by atoms with Gasteiger partial charge in [-0.3, -0.25) is 0 Å². The molecule has 0 heterocycles. The van der Waals surface area contributed by atoms with Gasteiger partial charge in [-0.15, -0.1) is 0 Å². The van der Waals surface area contributed by atoms with Crippen molar-refractivity contribution in [3.8, 4) is 29.0 Å². The molecular formula is C21H14N2O. The average Bonchev–Trinajstić information content (AvgIpc) is 2.67. The number of nitriles is 2. The topological polar surface area (TPSA) is 56.8 Å². The van der Waals surface area contributed by atoms with E-state index in [1.54, 1.807) is 24.3 Å². The maximum atomic E-state index is 9.02. The monoisotopic (exact) mass is 310 g/mol. The second-order valence-electron chi connectivity index (χ2n) is 5.32. The van der Waals surface area contributed by atoms with Crippen LogP contribution in [0.25, 0.3) is 11.1 Å². The molecule has 0 N–H and O–H groups in total. The van der Waals surface area contributed by atoms with Gasteiger partial charge in [0.1, 0.15) is 12.4 Å². The largest absolute Gasteiger partial charge is 0.489 e. The van der Waals surface area contributed by atoms with E-state index in [2.05, 4.69) is 12.1 Å². The minimum Gasteiger partial charge on any atom is -0.489 e. The van der Waals surface area contributed by atoms with Gasteiger partial charge in [-0.1, -0.05) is 36.4 Å². The third-order valence-corrected chi connectivity index (χ3v) is 3.62. The highest BCUT2D eigenvalue weighted by Crippen LogP contribution is 2.22. The Kier molecular flexibility index (Phi) is 4.56. The summed E-state index contributed by atoms with van der Waals surface area (Å²) in [6, 6.07) is 26.9. The van der Waals surface area contributed by atoms with Gasteiger partial charge in [0.05, 0.1) is 23.3 Å². The van der Waals surface area contributed by atoms with Crippen molar-refractivity contribution in [2.75, 3.05) is 0 Å². The zero-order chi connectivity index (χ0) is 16.8. The van der Waals surface area contributed by atoms with Gasteiger partial charge in [-0.2, -0.15) is 10.5 Å². The van der Waals surface area contributed by atoms with Crippen molar-refractivity contribution in [3.63, 3.8) is 0 Å². The molecule has 0 saturated heterocycles. The van der Waals surface area contributed by atoms with Crippen LogP contribution >= 0.6 is 0 Å². The average molecular weight is 310 g/mol. The van der Waals surface area contributed by atoms with Gasteiger partial charge in [-0.25, -0.2) is 0 Å². The van der Waals surface area contributed by atoms with Crippen molar-refractivity contribution < 1.29 is 4.74 Å². The van der Waals surface area contributed by atoms with Crippen LogP contribution in [0.5, 0.6) is 5.75 Å². The zero-order valence-electron chi connectivity index (χ0n) is 12.9. The van der Waals surface area contributed by atoms with Crippen LogP contribution in [-0.4, -0.2) is 0 Å². The Bertz CT molecular complexity index is 948. The van der Waals surface area contributed by atoms with Gasteiger partial charge in [0.15, 0.2) is 0 Å². The standard InChI is InChI=1S/C21H14N2O/c22-13-16-4-1-7-19(10-16)20-8-2-6-18(11-20)15-24-21-9-3-5-17(12-21)14-23/h1-12H,15H2. The summed E-state index contributed by atoms with van der Waals surface area (Å²) < 4.78 is 5.77. The van der Waals surface area contributed by atoms with Crippen molar-refractivity contribution in [2.45, 2.75) is 6.61 Å². The molecule has 0 aliphatic rings. The molecule has 0 unspecified atom stereocenters. The van der Waals surface area contributed by atoms with Crippen LogP contribution in [-0.2, 0) is 6.61 Å². The van der Waals surface area contributed by atoms with Crippen molar-refractivity contribution in [3.05, 3.63) is 89.5 Å². The SMILES string of the molecule is N#Cc1cccc(OCc2cccc(-c3cccc(C#N)c3)c2)c1. The molecule has 24 heavy (non-hydrogen) atoms. The van der Waals surface area contributed by atoms with E-state index in [4.69, 9.17) is 15.3 Å². The minimum atomic E-state index is 0.417. The van der Waals surface area contributed by atoms with Crippen LogP contribution < -0.4 is 4.74 Å². The highest BCUT2D eigenvalue weighted by molar-refractivity contribution is 5.65. The molecule has 114 valence electrons. The highest BCUT2D eigenvalue weighted by atomic mass is 16.5. The number of benzene rings is 3. The molecule has 3 nitrogen and oxygen atoms in total. The van der Waals surface area contributed by atoms with Gasteiger partial charge < -0.3 is 4.74 Å². The molecule has 0 fully saturated rings. The van der Waals surface area contributed by atoms with Crippen molar-refractivity contribution >= 4 is 0 Å². The summed E-state index contributed by atoms with van der Waals surface area (Å²) in [5.74, 6) is 0.672. The van der Waals surface area contributed by atoms with Crippen LogP contribution in [0.3, 0.4) is 0 Å². The lowest BCUT2D eigenvalue weighted by molar-refractivity contribution is 0.306. The van der Waals surface area contributed by atoms with Gasteiger partial charge in [-0.05, 0) is 53.1 Å². The molecule has 0 atom stereocenters. The van der Waals surface area contributed by atoms with Crippen LogP contribution in [0.1, 0.15) is 16.7 Å². The predicted octanol–water partition coefficient (Wildman–Crippen LogP) is 4.68. The third kappa shape index (κ3) is 3.61. The summed E-state index contributed by atoms with van der Waals surface area (Å²) in [5.41, 5.74) is 4.29. The first-order chi connectivity index (χ1) is 11.8. The fourth-order valence-electron chi connectivity index (χ4n) is 2.43. The predicted molar refractivity (Wildman–Crippen MR) is 92.1 cm³/mol. The van der Waals surface area contributed by atoms with Crippen LogP contribution in [0.4, 0.5) is 0 Å². The van der Waals surface area contributed by atoms with Crippen LogP contribution in [0, 0.1) is 22.7 Å². The molecule has 0 amide bonds. The smallest absolute Gasteiger partial charge is 0.121 e. The van der Waals surface area contributed by atoms with E-state index >= 15 is 0 Å². The van der Waals surface area contributed by atoms with E-state index in [1.807, 2.05) is 48.5 Å². The molecule has 0 aliphatic carbocycles. The summed E-state index contributed by atoms with van der Waals surface area (Å²) >= 11 is 0. The quantitative estimate of drug-likeness (QED) is 0.703. The Morgan fingerprint density at radius 1 is 0.708 bits per heavy atom. The Morgan fingerprint density at radius 2 is 1.33 bits per heavy atom. The third-order valence-electron chi connectivity index (χ3n) is 3.62. The maximum absolute atomic E-state index is 9.02. The fraction of sp³-hybridized carbons (Fsp3) is 0.0476. The summed E-state index contributed by atoms with van der Waals surface area (Å²) in [6.07, 6.45) is 0.